The Morgan fingerprint density at radius 2 is 2.13 bits per heavy atom. The summed E-state index contributed by atoms with van der Waals surface area (Å²) in [5, 5.41) is 19.5. The predicted molar refractivity (Wildman–Crippen MR) is 51.5 cm³/mol. The predicted octanol–water partition coefficient (Wildman–Crippen LogP) is -1.28. The molecule has 88 valence electrons. The number of carbonyl (C=O) groups is 2. The van der Waals surface area contributed by atoms with E-state index in [4.69, 9.17) is 14.9 Å². The second kappa shape index (κ2) is 7.02. The number of amides is 2. The Labute approximate surface area is 87.6 Å². The molecule has 0 heterocycles. The molecule has 15 heavy (non-hydrogen) atoms. The third-order valence-corrected chi connectivity index (χ3v) is 1.71. The number of carbonyl (C=O) groups excluding carboxylic acids is 1. The molecule has 1 atom stereocenters. The molecule has 7 nitrogen and oxygen atoms in total. The van der Waals surface area contributed by atoms with Crippen LogP contribution in [0.1, 0.15) is 0 Å². The van der Waals surface area contributed by atoms with Gasteiger partial charge in [0, 0.05) is 20.7 Å². The highest BCUT2D eigenvalue weighted by molar-refractivity contribution is 5.76. The first-order valence-corrected chi connectivity index (χ1v) is 4.37. The van der Waals surface area contributed by atoms with Crippen LogP contribution in [0.4, 0.5) is 4.79 Å². The van der Waals surface area contributed by atoms with Gasteiger partial charge in [0.1, 0.15) is 0 Å². The number of aliphatic hydroxyl groups is 1. The Balaban J connectivity index is 3.77. The zero-order valence-electron chi connectivity index (χ0n) is 8.77. The smallest absolute Gasteiger partial charge is 0.334 e. The number of rotatable bonds is 6. The monoisotopic (exact) mass is 220 g/mol. The average molecular weight is 220 g/mol. The number of likely N-dealkylation sites (N-methyl/N-ethyl adjacent to an activating group) is 1. The summed E-state index contributed by atoms with van der Waals surface area (Å²) in [7, 11) is 3.06. The second-order valence-electron chi connectivity index (χ2n) is 2.95. The van der Waals surface area contributed by atoms with Crippen molar-refractivity contribution < 1.29 is 24.5 Å². The van der Waals surface area contributed by atoms with E-state index in [0.29, 0.717) is 13.2 Å². The average Bonchev–Trinajstić information content (AvgIpc) is 2.21. The number of methoxy groups -OCH3 is 1. The fourth-order valence-corrected chi connectivity index (χ4v) is 0.736. The number of urea groups is 1. The summed E-state index contributed by atoms with van der Waals surface area (Å²) in [4.78, 5) is 22.8. The van der Waals surface area contributed by atoms with Crippen molar-refractivity contribution in [2.24, 2.45) is 0 Å². The largest absolute Gasteiger partial charge is 0.479 e. The van der Waals surface area contributed by atoms with Gasteiger partial charge in [0.2, 0.25) is 0 Å². The van der Waals surface area contributed by atoms with Crippen LogP contribution < -0.4 is 5.32 Å². The number of ether oxygens (including phenoxy) is 1. The summed E-state index contributed by atoms with van der Waals surface area (Å²) in [6.07, 6.45) is -1.58. The van der Waals surface area contributed by atoms with E-state index >= 15 is 0 Å². The standard InChI is InChI=1S/C8H16N2O5/c1-10(3-4-15-2)8(14)9-5-6(11)7(12)13/h6,11H,3-5H2,1-2H3,(H,9,14)(H,12,13)/t6-/m0/s1. The number of hydrogen-bond donors (Lipinski definition) is 3. The lowest BCUT2D eigenvalue weighted by atomic mass is 10.3. The zero-order chi connectivity index (χ0) is 11.8. The molecule has 0 aliphatic rings. The number of nitrogens with zero attached hydrogens (tertiary/aromatic N) is 1. The highest BCUT2D eigenvalue weighted by atomic mass is 16.5. The van der Waals surface area contributed by atoms with Gasteiger partial charge in [-0.3, -0.25) is 0 Å². The summed E-state index contributed by atoms with van der Waals surface area (Å²) in [5.41, 5.74) is 0. The van der Waals surface area contributed by atoms with Gasteiger partial charge in [-0.1, -0.05) is 0 Å². The number of aliphatic carboxylic acids is 1. The van der Waals surface area contributed by atoms with Crippen molar-refractivity contribution in [2.75, 3.05) is 33.9 Å². The zero-order valence-corrected chi connectivity index (χ0v) is 8.77. The van der Waals surface area contributed by atoms with Gasteiger partial charge in [0.15, 0.2) is 6.10 Å². The molecule has 0 fully saturated rings. The van der Waals surface area contributed by atoms with Crippen molar-refractivity contribution in [1.82, 2.24) is 10.2 Å². The fourth-order valence-electron chi connectivity index (χ4n) is 0.736. The highest BCUT2D eigenvalue weighted by Gasteiger charge is 2.15. The molecule has 0 spiro atoms. The maximum Gasteiger partial charge on any atom is 0.334 e. The van der Waals surface area contributed by atoms with Crippen LogP contribution >= 0.6 is 0 Å². The first kappa shape index (κ1) is 13.7. The third-order valence-electron chi connectivity index (χ3n) is 1.71. The van der Waals surface area contributed by atoms with Crippen molar-refractivity contribution >= 4 is 12.0 Å². The molecule has 0 aromatic carbocycles. The van der Waals surface area contributed by atoms with Crippen molar-refractivity contribution in [3.05, 3.63) is 0 Å². The molecule has 0 saturated heterocycles. The maximum atomic E-state index is 11.2. The SMILES string of the molecule is COCCN(C)C(=O)NC[C@H](O)C(=O)O. The summed E-state index contributed by atoms with van der Waals surface area (Å²) in [6.45, 7) is 0.475. The summed E-state index contributed by atoms with van der Waals surface area (Å²) in [5.74, 6) is -1.37. The van der Waals surface area contributed by atoms with Crippen LogP contribution in [0.3, 0.4) is 0 Å². The van der Waals surface area contributed by atoms with Gasteiger partial charge in [-0.25, -0.2) is 9.59 Å². The lowest BCUT2D eigenvalue weighted by molar-refractivity contribution is -0.146. The molecule has 0 aromatic rings. The van der Waals surface area contributed by atoms with Crippen LogP contribution in [-0.2, 0) is 9.53 Å². The molecule has 0 aliphatic heterocycles. The molecule has 7 heteroatoms. The molecule has 2 amide bonds. The Morgan fingerprint density at radius 1 is 1.53 bits per heavy atom. The minimum atomic E-state index is -1.58. The molecule has 0 bridgehead atoms. The van der Waals surface area contributed by atoms with Gasteiger partial charge in [0.05, 0.1) is 13.2 Å². The number of nitrogens with one attached hydrogen (secondary N) is 1. The Hall–Kier alpha value is -1.34. The van der Waals surface area contributed by atoms with Crippen LogP contribution in [-0.4, -0.2) is 67.1 Å². The van der Waals surface area contributed by atoms with Crippen LogP contribution in [0.25, 0.3) is 0 Å². The van der Waals surface area contributed by atoms with Gasteiger partial charge < -0.3 is 25.2 Å². The van der Waals surface area contributed by atoms with Crippen LogP contribution in [0.15, 0.2) is 0 Å². The second-order valence-corrected chi connectivity index (χ2v) is 2.95. The molecule has 0 saturated carbocycles. The Bertz CT molecular complexity index is 221. The van der Waals surface area contributed by atoms with E-state index in [1.807, 2.05) is 0 Å². The van der Waals surface area contributed by atoms with E-state index in [9.17, 15) is 9.59 Å². The van der Waals surface area contributed by atoms with Crippen molar-refractivity contribution in [2.45, 2.75) is 6.10 Å². The third kappa shape index (κ3) is 5.87. The fraction of sp³-hybridized carbons (Fsp3) is 0.750. The van der Waals surface area contributed by atoms with E-state index < -0.39 is 18.1 Å². The summed E-state index contributed by atoms with van der Waals surface area (Å²) < 4.78 is 4.76. The number of aliphatic hydroxyl groups excluding tert-OH is 1. The maximum absolute atomic E-state index is 11.2. The summed E-state index contributed by atoms with van der Waals surface area (Å²) >= 11 is 0. The van der Waals surface area contributed by atoms with Crippen molar-refractivity contribution in [3.8, 4) is 0 Å². The van der Waals surface area contributed by atoms with Crippen LogP contribution in [0.2, 0.25) is 0 Å². The lowest BCUT2D eigenvalue weighted by Gasteiger charge is -2.17. The molecule has 0 aliphatic carbocycles. The first-order valence-electron chi connectivity index (χ1n) is 4.37. The van der Waals surface area contributed by atoms with E-state index in [1.54, 1.807) is 7.05 Å². The van der Waals surface area contributed by atoms with Gasteiger partial charge >= 0.3 is 12.0 Å². The minimum Gasteiger partial charge on any atom is -0.479 e. The van der Waals surface area contributed by atoms with E-state index in [0.717, 1.165) is 0 Å². The number of carboxylic acid groups (broad SMARTS) is 1. The molecular formula is C8H16N2O5. The Kier molecular flexibility index (Phi) is 6.39. The van der Waals surface area contributed by atoms with E-state index in [-0.39, 0.29) is 6.54 Å². The molecular weight excluding hydrogens is 204 g/mol. The van der Waals surface area contributed by atoms with Crippen LogP contribution in [0.5, 0.6) is 0 Å². The number of carboxylic acids is 1. The lowest BCUT2D eigenvalue weighted by Crippen LogP contribution is -2.43. The van der Waals surface area contributed by atoms with Gasteiger partial charge in [-0.15, -0.1) is 0 Å². The minimum absolute atomic E-state index is 0.314. The van der Waals surface area contributed by atoms with Crippen molar-refractivity contribution in [1.29, 1.82) is 0 Å². The van der Waals surface area contributed by atoms with E-state index in [1.165, 1.54) is 12.0 Å². The van der Waals surface area contributed by atoms with Gasteiger partial charge in [-0.05, 0) is 0 Å². The first-order chi connectivity index (χ1) is 6.99. The van der Waals surface area contributed by atoms with Crippen molar-refractivity contribution in [3.63, 3.8) is 0 Å². The molecule has 0 unspecified atom stereocenters. The van der Waals surface area contributed by atoms with Crippen LogP contribution in [0, 0.1) is 0 Å². The van der Waals surface area contributed by atoms with Gasteiger partial charge in [-0.2, -0.15) is 0 Å². The van der Waals surface area contributed by atoms with E-state index in [2.05, 4.69) is 5.32 Å². The molecule has 0 aromatic heterocycles. The van der Waals surface area contributed by atoms with Gasteiger partial charge in [0.25, 0.3) is 0 Å². The highest BCUT2D eigenvalue weighted by Crippen LogP contribution is 1.86. The quantitative estimate of drug-likeness (QED) is 0.518. The Morgan fingerprint density at radius 3 is 2.60 bits per heavy atom. The molecule has 0 rings (SSSR count). The number of hydrogen-bond acceptors (Lipinski definition) is 4. The normalized spacial score (nSPS) is 11.9. The summed E-state index contributed by atoms with van der Waals surface area (Å²) in [6, 6.07) is -0.452. The molecule has 0 radical (unpaired) electrons. The molecule has 3 N–H and O–H groups in total. The topological polar surface area (TPSA) is 99.1 Å².